The van der Waals surface area contributed by atoms with Crippen molar-refractivity contribution < 1.29 is 14.3 Å². The topological polar surface area (TPSA) is 58.6 Å². The molecule has 1 N–H and O–H groups in total. The first kappa shape index (κ1) is 17.8. The van der Waals surface area contributed by atoms with Crippen molar-refractivity contribution in [2.24, 2.45) is 0 Å². The summed E-state index contributed by atoms with van der Waals surface area (Å²) in [7, 11) is 3.76. The zero-order chi connectivity index (χ0) is 17.7. The fourth-order valence-corrected chi connectivity index (χ4v) is 2.10. The maximum absolute atomic E-state index is 12.2. The summed E-state index contributed by atoms with van der Waals surface area (Å²) in [5.74, 6) is -0.952. The van der Waals surface area contributed by atoms with E-state index in [-0.39, 0.29) is 0 Å². The summed E-state index contributed by atoms with van der Waals surface area (Å²) in [5.41, 5.74) is 1.86. The molecule has 0 radical (unpaired) electrons. The minimum absolute atomic E-state index is 0.396. The van der Waals surface area contributed by atoms with Crippen LogP contribution in [0.2, 0.25) is 5.02 Å². The van der Waals surface area contributed by atoms with Gasteiger partial charge < -0.3 is 15.0 Å². The quantitative estimate of drug-likeness (QED) is 0.840. The lowest BCUT2D eigenvalue weighted by atomic mass is 10.2. The summed E-state index contributed by atoms with van der Waals surface area (Å²) >= 11 is 5.80. The van der Waals surface area contributed by atoms with Crippen LogP contribution in [0.4, 0.5) is 11.4 Å². The molecule has 0 bridgehead atoms. The smallest absolute Gasteiger partial charge is 0.338 e. The zero-order valence-electron chi connectivity index (χ0n) is 13.7. The van der Waals surface area contributed by atoms with Gasteiger partial charge in [-0.25, -0.2) is 4.79 Å². The van der Waals surface area contributed by atoms with Crippen LogP contribution in [0.15, 0.2) is 48.5 Å². The third-order valence-electron chi connectivity index (χ3n) is 3.36. The summed E-state index contributed by atoms with van der Waals surface area (Å²) < 4.78 is 5.23. The minimum Gasteiger partial charge on any atom is -0.449 e. The predicted octanol–water partition coefficient (Wildman–Crippen LogP) is 3.59. The predicted molar refractivity (Wildman–Crippen MR) is 95.7 cm³/mol. The second kappa shape index (κ2) is 7.84. The van der Waals surface area contributed by atoms with Gasteiger partial charge in [0.15, 0.2) is 6.10 Å². The molecule has 2 rings (SSSR count). The third kappa shape index (κ3) is 4.73. The molecule has 24 heavy (non-hydrogen) atoms. The van der Waals surface area contributed by atoms with E-state index < -0.39 is 18.0 Å². The van der Waals surface area contributed by atoms with Crippen molar-refractivity contribution >= 4 is 34.9 Å². The number of hydrogen-bond acceptors (Lipinski definition) is 4. The van der Waals surface area contributed by atoms with Gasteiger partial charge in [-0.1, -0.05) is 17.7 Å². The molecule has 0 saturated heterocycles. The maximum Gasteiger partial charge on any atom is 0.338 e. The number of anilines is 2. The van der Waals surface area contributed by atoms with Gasteiger partial charge in [-0.2, -0.15) is 0 Å². The Morgan fingerprint density at radius 3 is 2.42 bits per heavy atom. The Balaban J connectivity index is 1.99. The van der Waals surface area contributed by atoms with Crippen LogP contribution in [0.3, 0.4) is 0 Å². The lowest BCUT2D eigenvalue weighted by Gasteiger charge is -2.15. The number of rotatable bonds is 5. The number of benzene rings is 2. The molecule has 0 aliphatic heterocycles. The molecule has 0 fully saturated rings. The summed E-state index contributed by atoms with van der Waals surface area (Å²) in [4.78, 5) is 26.2. The van der Waals surface area contributed by atoms with Crippen LogP contribution in [0.5, 0.6) is 0 Å². The van der Waals surface area contributed by atoms with Crippen LogP contribution >= 0.6 is 11.6 Å². The first-order valence-electron chi connectivity index (χ1n) is 7.41. The summed E-state index contributed by atoms with van der Waals surface area (Å²) in [5, 5.41) is 3.25. The van der Waals surface area contributed by atoms with Crippen LogP contribution in [-0.4, -0.2) is 32.1 Å². The molecular weight excluding hydrogens is 328 g/mol. The third-order valence-corrected chi connectivity index (χ3v) is 3.62. The molecule has 0 heterocycles. The summed E-state index contributed by atoms with van der Waals surface area (Å²) in [6.07, 6.45) is -0.920. The van der Waals surface area contributed by atoms with E-state index in [0.717, 1.165) is 5.69 Å². The van der Waals surface area contributed by atoms with E-state index in [1.807, 2.05) is 25.1 Å². The molecule has 0 aliphatic rings. The minimum atomic E-state index is -0.920. The molecule has 1 amide bonds. The van der Waals surface area contributed by atoms with Gasteiger partial charge in [-0.05, 0) is 49.4 Å². The number of nitrogens with zero attached hydrogens (tertiary/aromatic N) is 1. The maximum atomic E-state index is 12.2. The Morgan fingerprint density at radius 2 is 1.79 bits per heavy atom. The average molecular weight is 347 g/mol. The Kier molecular flexibility index (Phi) is 5.82. The number of carbonyl (C=O) groups is 2. The Morgan fingerprint density at radius 1 is 1.12 bits per heavy atom. The lowest BCUT2D eigenvalue weighted by molar-refractivity contribution is -0.123. The monoisotopic (exact) mass is 346 g/mol. The zero-order valence-corrected chi connectivity index (χ0v) is 14.5. The number of esters is 1. The fraction of sp³-hybridized carbons (Fsp3) is 0.222. The molecule has 0 spiro atoms. The molecular formula is C18H19ClN2O3. The van der Waals surface area contributed by atoms with Gasteiger partial charge >= 0.3 is 5.97 Å². The van der Waals surface area contributed by atoms with Gasteiger partial charge in [-0.3, -0.25) is 4.79 Å². The first-order chi connectivity index (χ1) is 11.4. The average Bonchev–Trinajstić information content (AvgIpc) is 2.56. The van der Waals surface area contributed by atoms with Crippen LogP contribution < -0.4 is 10.2 Å². The van der Waals surface area contributed by atoms with Crippen LogP contribution in [0, 0.1) is 0 Å². The van der Waals surface area contributed by atoms with E-state index in [4.69, 9.17) is 16.3 Å². The summed E-state index contributed by atoms with van der Waals surface area (Å²) in [6.45, 7) is 1.53. The molecule has 6 heteroatoms. The second-order valence-corrected chi connectivity index (χ2v) is 5.92. The van der Waals surface area contributed by atoms with Gasteiger partial charge in [0, 0.05) is 30.5 Å². The largest absolute Gasteiger partial charge is 0.449 e. The van der Waals surface area contributed by atoms with Gasteiger partial charge in [-0.15, -0.1) is 0 Å². The van der Waals surface area contributed by atoms with Crippen molar-refractivity contribution in [3.63, 3.8) is 0 Å². The van der Waals surface area contributed by atoms with E-state index >= 15 is 0 Å². The Bertz CT molecular complexity index is 729. The number of nitrogens with one attached hydrogen (secondary N) is 1. The summed E-state index contributed by atoms with van der Waals surface area (Å²) in [6, 6.07) is 13.7. The van der Waals surface area contributed by atoms with Gasteiger partial charge in [0.25, 0.3) is 5.91 Å². The van der Waals surface area contributed by atoms with E-state index in [1.54, 1.807) is 42.5 Å². The highest BCUT2D eigenvalue weighted by Gasteiger charge is 2.19. The SMILES string of the molecule is C[C@@H](OC(=O)c1cccc(N(C)C)c1)C(=O)Nc1ccc(Cl)cc1. The number of ether oxygens (including phenoxy) is 1. The molecule has 0 aliphatic carbocycles. The van der Waals surface area contributed by atoms with E-state index in [0.29, 0.717) is 16.3 Å². The van der Waals surface area contributed by atoms with Crippen molar-refractivity contribution in [1.29, 1.82) is 0 Å². The van der Waals surface area contributed by atoms with Gasteiger partial charge in [0.05, 0.1) is 5.56 Å². The number of hydrogen-bond donors (Lipinski definition) is 1. The van der Waals surface area contributed by atoms with E-state index in [9.17, 15) is 9.59 Å². The van der Waals surface area contributed by atoms with Gasteiger partial charge in [0.1, 0.15) is 0 Å². The Hall–Kier alpha value is -2.53. The van der Waals surface area contributed by atoms with Crippen molar-refractivity contribution in [2.45, 2.75) is 13.0 Å². The highest BCUT2D eigenvalue weighted by molar-refractivity contribution is 6.30. The number of carbonyl (C=O) groups excluding carboxylic acids is 2. The lowest BCUT2D eigenvalue weighted by Crippen LogP contribution is -2.30. The number of amides is 1. The molecule has 2 aromatic rings. The molecule has 2 aromatic carbocycles. The van der Waals surface area contributed by atoms with Crippen LogP contribution in [0.25, 0.3) is 0 Å². The van der Waals surface area contributed by atoms with Crippen LogP contribution in [0.1, 0.15) is 17.3 Å². The molecule has 5 nitrogen and oxygen atoms in total. The van der Waals surface area contributed by atoms with Crippen molar-refractivity contribution in [3.05, 3.63) is 59.1 Å². The van der Waals surface area contributed by atoms with E-state index in [1.165, 1.54) is 6.92 Å². The molecule has 0 aromatic heterocycles. The van der Waals surface area contributed by atoms with Crippen LogP contribution in [-0.2, 0) is 9.53 Å². The molecule has 126 valence electrons. The van der Waals surface area contributed by atoms with E-state index in [2.05, 4.69) is 5.32 Å². The number of halogens is 1. The van der Waals surface area contributed by atoms with Crippen molar-refractivity contribution in [2.75, 3.05) is 24.3 Å². The van der Waals surface area contributed by atoms with Crippen molar-refractivity contribution in [3.8, 4) is 0 Å². The standard InChI is InChI=1S/C18H19ClN2O3/c1-12(17(22)20-15-9-7-14(19)8-10-15)24-18(23)13-5-4-6-16(11-13)21(2)3/h4-12H,1-3H3,(H,20,22)/t12-/m1/s1. The molecule has 0 saturated carbocycles. The Labute approximate surface area is 146 Å². The normalized spacial score (nSPS) is 11.5. The highest BCUT2D eigenvalue weighted by atomic mass is 35.5. The molecule has 1 atom stereocenters. The molecule has 0 unspecified atom stereocenters. The fourth-order valence-electron chi connectivity index (χ4n) is 1.97. The second-order valence-electron chi connectivity index (χ2n) is 5.49. The van der Waals surface area contributed by atoms with Crippen molar-refractivity contribution in [1.82, 2.24) is 0 Å². The highest BCUT2D eigenvalue weighted by Crippen LogP contribution is 2.16. The van der Waals surface area contributed by atoms with Gasteiger partial charge in [0.2, 0.25) is 0 Å². The first-order valence-corrected chi connectivity index (χ1v) is 7.79.